The van der Waals surface area contributed by atoms with E-state index in [-0.39, 0.29) is 17.1 Å². The third-order valence-corrected chi connectivity index (χ3v) is 4.23. The van der Waals surface area contributed by atoms with Crippen molar-refractivity contribution in [3.63, 3.8) is 0 Å². The van der Waals surface area contributed by atoms with Gasteiger partial charge in [0.2, 0.25) is 0 Å². The van der Waals surface area contributed by atoms with E-state index < -0.39 is 5.97 Å². The van der Waals surface area contributed by atoms with Gasteiger partial charge in [-0.2, -0.15) is 0 Å². The molecule has 0 saturated carbocycles. The molecular weight excluding hydrogens is 280 g/mol. The van der Waals surface area contributed by atoms with Gasteiger partial charge in [-0.3, -0.25) is 4.79 Å². The molecule has 0 spiro atoms. The van der Waals surface area contributed by atoms with Gasteiger partial charge in [0.1, 0.15) is 4.88 Å². The maximum absolute atomic E-state index is 11.7. The molecule has 0 unspecified atom stereocenters. The number of anilines is 1. The minimum absolute atomic E-state index is 0.101. The molecule has 1 aromatic rings. The van der Waals surface area contributed by atoms with E-state index in [2.05, 4.69) is 9.72 Å². The maximum atomic E-state index is 11.7. The molecule has 1 fully saturated rings. The number of aromatic nitrogens is 1. The number of thiazole rings is 1. The summed E-state index contributed by atoms with van der Waals surface area (Å²) in [5, 5.41) is 0.659. The predicted octanol–water partition coefficient (Wildman–Crippen LogP) is 1.75. The second-order valence-corrected chi connectivity index (χ2v) is 6.23. The summed E-state index contributed by atoms with van der Waals surface area (Å²) in [7, 11) is 1.28. The Morgan fingerprint density at radius 2 is 2.15 bits per heavy atom. The molecule has 1 saturated heterocycles. The standard InChI is InChI=1S/C13H18N2O4S/c1-8(16)10-9(11(17)18-4)14-12(20-10)15-5-6-19-13(2,3)7-15/h5-7H2,1-4H3. The van der Waals surface area contributed by atoms with E-state index in [4.69, 9.17) is 4.74 Å². The lowest BCUT2D eigenvalue weighted by Crippen LogP contribution is -2.48. The highest BCUT2D eigenvalue weighted by atomic mass is 32.1. The molecule has 1 aromatic heterocycles. The first-order valence-electron chi connectivity index (χ1n) is 6.33. The number of hydrogen-bond acceptors (Lipinski definition) is 7. The summed E-state index contributed by atoms with van der Waals surface area (Å²) in [6.07, 6.45) is 0. The fourth-order valence-electron chi connectivity index (χ4n) is 2.10. The highest BCUT2D eigenvalue weighted by Crippen LogP contribution is 2.30. The van der Waals surface area contributed by atoms with Crippen LogP contribution in [0.15, 0.2) is 0 Å². The van der Waals surface area contributed by atoms with Gasteiger partial charge >= 0.3 is 5.97 Å². The predicted molar refractivity (Wildman–Crippen MR) is 75.7 cm³/mol. The Hall–Kier alpha value is -1.47. The van der Waals surface area contributed by atoms with Crippen LogP contribution in [0.5, 0.6) is 0 Å². The number of methoxy groups -OCH3 is 1. The molecule has 7 heteroatoms. The van der Waals surface area contributed by atoms with Gasteiger partial charge in [0.25, 0.3) is 0 Å². The second kappa shape index (κ2) is 5.49. The van der Waals surface area contributed by atoms with Crippen LogP contribution in [-0.2, 0) is 9.47 Å². The van der Waals surface area contributed by atoms with E-state index >= 15 is 0 Å². The molecule has 0 radical (unpaired) electrons. The normalized spacial score (nSPS) is 17.9. The Bertz CT molecular complexity index is 538. The molecule has 0 aromatic carbocycles. The fourth-order valence-corrected chi connectivity index (χ4v) is 3.07. The number of ether oxygens (including phenoxy) is 2. The molecule has 20 heavy (non-hydrogen) atoms. The van der Waals surface area contributed by atoms with Gasteiger partial charge in [0.15, 0.2) is 16.6 Å². The van der Waals surface area contributed by atoms with Gasteiger partial charge < -0.3 is 14.4 Å². The van der Waals surface area contributed by atoms with Crippen LogP contribution in [-0.4, -0.2) is 49.1 Å². The molecule has 6 nitrogen and oxygen atoms in total. The molecule has 0 N–H and O–H groups in total. The van der Waals surface area contributed by atoms with Crippen molar-refractivity contribution in [3.05, 3.63) is 10.6 Å². The van der Waals surface area contributed by atoms with E-state index in [1.165, 1.54) is 25.4 Å². The number of esters is 1. The summed E-state index contributed by atoms with van der Waals surface area (Å²) in [6, 6.07) is 0. The molecule has 0 atom stereocenters. The maximum Gasteiger partial charge on any atom is 0.358 e. The Balaban J connectivity index is 2.33. The van der Waals surface area contributed by atoms with Gasteiger partial charge in [-0.05, 0) is 13.8 Å². The highest BCUT2D eigenvalue weighted by molar-refractivity contribution is 7.17. The van der Waals surface area contributed by atoms with Crippen LogP contribution in [0.3, 0.4) is 0 Å². The smallest absolute Gasteiger partial charge is 0.358 e. The zero-order valence-corrected chi connectivity index (χ0v) is 12.9. The number of Topliss-reactive ketones (excluding diaryl/α,β-unsaturated/α-hetero) is 1. The van der Waals surface area contributed by atoms with E-state index in [9.17, 15) is 9.59 Å². The molecule has 2 rings (SSSR count). The number of rotatable bonds is 3. The fraction of sp³-hybridized carbons (Fsp3) is 0.615. The monoisotopic (exact) mass is 298 g/mol. The number of carbonyl (C=O) groups is 2. The van der Waals surface area contributed by atoms with E-state index in [0.717, 1.165) is 0 Å². The number of morpholine rings is 1. The molecule has 1 aliphatic rings. The van der Waals surface area contributed by atoms with Crippen LogP contribution in [0.4, 0.5) is 5.13 Å². The summed E-state index contributed by atoms with van der Waals surface area (Å²) in [6.45, 7) is 7.37. The topological polar surface area (TPSA) is 68.7 Å². The van der Waals surface area contributed by atoms with Crippen molar-refractivity contribution < 1.29 is 19.1 Å². The van der Waals surface area contributed by atoms with Crippen LogP contribution in [0.2, 0.25) is 0 Å². The Labute approximate surface area is 121 Å². The van der Waals surface area contributed by atoms with Crippen molar-refractivity contribution in [1.82, 2.24) is 4.98 Å². The quantitative estimate of drug-likeness (QED) is 0.625. The first-order chi connectivity index (χ1) is 9.34. The molecule has 1 aliphatic heterocycles. The van der Waals surface area contributed by atoms with Crippen molar-refractivity contribution in [2.45, 2.75) is 26.4 Å². The number of ketones is 1. The van der Waals surface area contributed by atoms with Crippen LogP contribution >= 0.6 is 11.3 Å². The molecule has 110 valence electrons. The lowest BCUT2D eigenvalue weighted by Gasteiger charge is -2.37. The zero-order chi connectivity index (χ0) is 14.9. The van der Waals surface area contributed by atoms with E-state index in [1.807, 2.05) is 18.7 Å². The minimum Gasteiger partial charge on any atom is -0.464 e. The first kappa shape index (κ1) is 14.9. The average Bonchev–Trinajstić information content (AvgIpc) is 2.81. The highest BCUT2D eigenvalue weighted by Gasteiger charge is 2.31. The summed E-state index contributed by atoms with van der Waals surface area (Å²) in [4.78, 5) is 30.0. The van der Waals surface area contributed by atoms with E-state index in [0.29, 0.717) is 29.7 Å². The summed E-state index contributed by atoms with van der Waals surface area (Å²) < 4.78 is 10.3. The van der Waals surface area contributed by atoms with E-state index in [1.54, 1.807) is 0 Å². The molecule has 0 amide bonds. The van der Waals surface area contributed by atoms with Crippen molar-refractivity contribution >= 4 is 28.2 Å². The van der Waals surface area contributed by atoms with Crippen molar-refractivity contribution in [1.29, 1.82) is 0 Å². The lowest BCUT2D eigenvalue weighted by atomic mass is 10.1. The minimum atomic E-state index is -0.579. The third-order valence-electron chi connectivity index (χ3n) is 3.01. The van der Waals surface area contributed by atoms with Crippen molar-refractivity contribution in [3.8, 4) is 0 Å². The second-order valence-electron chi connectivity index (χ2n) is 5.25. The number of carbonyl (C=O) groups excluding carboxylic acids is 2. The van der Waals surface area contributed by atoms with Crippen LogP contribution in [0.25, 0.3) is 0 Å². The average molecular weight is 298 g/mol. The van der Waals surface area contributed by atoms with Crippen LogP contribution in [0.1, 0.15) is 40.9 Å². The zero-order valence-electron chi connectivity index (χ0n) is 12.1. The molecule has 0 bridgehead atoms. The lowest BCUT2D eigenvalue weighted by molar-refractivity contribution is -0.0277. The third kappa shape index (κ3) is 2.99. The van der Waals surface area contributed by atoms with Crippen molar-refractivity contribution in [2.75, 3.05) is 31.7 Å². The van der Waals surface area contributed by atoms with Gasteiger partial charge in [0, 0.05) is 20.0 Å². The summed E-state index contributed by atoms with van der Waals surface area (Å²) in [5.41, 5.74) is -0.171. The van der Waals surface area contributed by atoms with Gasteiger partial charge in [0.05, 0.1) is 19.3 Å². The van der Waals surface area contributed by atoms with Gasteiger partial charge in [-0.25, -0.2) is 9.78 Å². The summed E-state index contributed by atoms with van der Waals surface area (Å²) in [5.74, 6) is -0.758. The van der Waals surface area contributed by atoms with Gasteiger partial charge in [-0.15, -0.1) is 0 Å². The molecule has 2 heterocycles. The Kier molecular flexibility index (Phi) is 4.10. The number of nitrogens with zero attached hydrogens (tertiary/aromatic N) is 2. The Morgan fingerprint density at radius 1 is 1.45 bits per heavy atom. The molecule has 0 aliphatic carbocycles. The molecular formula is C13H18N2O4S. The van der Waals surface area contributed by atoms with Gasteiger partial charge in [-0.1, -0.05) is 11.3 Å². The van der Waals surface area contributed by atoms with Crippen LogP contribution < -0.4 is 4.90 Å². The Morgan fingerprint density at radius 3 is 2.70 bits per heavy atom. The largest absolute Gasteiger partial charge is 0.464 e. The van der Waals surface area contributed by atoms with Crippen LogP contribution in [0, 0.1) is 0 Å². The summed E-state index contributed by atoms with van der Waals surface area (Å²) >= 11 is 1.23. The number of hydrogen-bond donors (Lipinski definition) is 0. The van der Waals surface area contributed by atoms with Crippen molar-refractivity contribution in [2.24, 2.45) is 0 Å². The SMILES string of the molecule is COC(=O)c1nc(N2CCOC(C)(C)C2)sc1C(C)=O. The first-order valence-corrected chi connectivity index (χ1v) is 7.14.